The van der Waals surface area contributed by atoms with Gasteiger partial charge in [-0.1, -0.05) is 6.92 Å². The van der Waals surface area contributed by atoms with E-state index in [-0.39, 0.29) is 6.09 Å². The van der Waals surface area contributed by atoms with E-state index in [0.29, 0.717) is 6.54 Å². The van der Waals surface area contributed by atoms with Crippen molar-refractivity contribution in [1.29, 1.82) is 0 Å². The molecule has 0 aromatic carbocycles. The zero-order valence-corrected chi connectivity index (χ0v) is 13.0. The second-order valence-corrected chi connectivity index (χ2v) is 6.33. The average molecular weight is 284 g/mol. The van der Waals surface area contributed by atoms with Gasteiger partial charge in [-0.3, -0.25) is 0 Å². The van der Waals surface area contributed by atoms with E-state index in [9.17, 15) is 4.79 Å². The van der Waals surface area contributed by atoms with E-state index in [4.69, 9.17) is 4.74 Å². The van der Waals surface area contributed by atoms with Crippen LogP contribution in [0.3, 0.4) is 0 Å². The van der Waals surface area contributed by atoms with E-state index < -0.39 is 5.60 Å². The summed E-state index contributed by atoms with van der Waals surface area (Å²) in [6.07, 6.45) is 0.705. The molecule has 0 atom stereocenters. The van der Waals surface area contributed by atoms with E-state index in [1.54, 1.807) is 11.3 Å². The average Bonchev–Trinajstić information content (AvgIpc) is 2.73. The smallest absolute Gasteiger partial charge is 0.407 e. The largest absolute Gasteiger partial charge is 0.444 e. The molecule has 108 valence electrons. The highest BCUT2D eigenvalue weighted by molar-refractivity contribution is 7.10. The lowest BCUT2D eigenvalue weighted by Gasteiger charge is -2.19. The van der Waals surface area contributed by atoms with Crippen molar-refractivity contribution in [2.45, 2.75) is 46.3 Å². The number of rotatable bonds is 6. The van der Waals surface area contributed by atoms with Crippen LogP contribution < -0.4 is 10.6 Å². The number of aryl methyl sites for hydroxylation is 1. The van der Waals surface area contributed by atoms with Gasteiger partial charge in [-0.2, -0.15) is 0 Å². The first-order valence-electron chi connectivity index (χ1n) is 6.65. The van der Waals surface area contributed by atoms with Crippen molar-refractivity contribution >= 4 is 17.4 Å². The van der Waals surface area contributed by atoms with Crippen molar-refractivity contribution in [3.8, 4) is 0 Å². The summed E-state index contributed by atoms with van der Waals surface area (Å²) in [5.74, 6) is 0. The monoisotopic (exact) mass is 284 g/mol. The van der Waals surface area contributed by atoms with E-state index in [2.05, 4.69) is 29.0 Å². The first-order valence-corrected chi connectivity index (χ1v) is 7.53. The number of carbonyl (C=O) groups excluding carboxylic acids is 1. The lowest BCUT2D eigenvalue weighted by Crippen LogP contribution is -2.36. The minimum atomic E-state index is -0.440. The Bertz CT molecular complexity index is 396. The number of thiophene rings is 1. The molecule has 0 spiro atoms. The number of ether oxygens (including phenoxy) is 1. The molecule has 4 nitrogen and oxygen atoms in total. The second kappa shape index (κ2) is 7.50. The summed E-state index contributed by atoms with van der Waals surface area (Å²) in [5, 5.41) is 8.17. The number of hydrogen-bond donors (Lipinski definition) is 2. The molecular weight excluding hydrogens is 260 g/mol. The molecule has 5 heteroatoms. The van der Waals surface area contributed by atoms with Gasteiger partial charge in [-0.25, -0.2) is 4.79 Å². The Balaban J connectivity index is 2.13. The molecule has 1 aromatic rings. The molecule has 0 aliphatic carbocycles. The SMILES string of the molecule is CCc1ccsc1CNCCNC(=O)OC(C)(C)C. The van der Waals surface area contributed by atoms with E-state index >= 15 is 0 Å². The topological polar surface area (TPSA) is 50.4 Å². The van der Waals surface area contributed by atoms with E-state index in [1.807, 2.05) is 20.8 Å². The van der Waals surface area contributed by atoms with Crippen molar-refractivity contribution < 1.29 is 9.53 Å². The predicted octanol–water partition coefficient (Wildman–Crippen LogP) is 2.92. The minimum Gasteiger partial charge on any atom is -0.444 e. The molecule has 0 aliphatic heterocycles. The summed E-state index contributed by atoms with van der Waals surface area (Å²) in [7, 11) is 0. The van der Waals surface area contributed by atoms with Gasteiger partial charge < -0.3 is 15.4 Å². The highest BCUT2D eigenvalue weighted by Gasteiger charge is 2.15. The molecule has 0 saturated heterocycles. The van der Waals surface area contributed by atoms with Crippen LogP contribution in [0.1, 0.15) is 38.1 Å². The predicted molar refractivity (Wildman–Crippen MR) is 79.6 cm³/mol. The summed E-state index contributed by atoms with van der Waals surface area (Å²) < 4.78 is 5.15. The van der Waals surface area contributed by atoms with Crippen LogP contribution in [0.5, 0.6) is 0 Å². The number of amides is 1. The van der Waals surface area contributed by atoms with Gasteiger partial charge in [0.25, 0.3) is 0 Å². The molecule has 0 radical (unpaired) electrons. The lowest BCUT2D eigenvalue weighted by atomic mass is 10.2. The van der Waals surface area contributed by atoms with Crippen LogP contribution in [0, 0.1) is 0 Å². The molecule has 0 saturated carbocycles. The van der Waals surface area contributed by atoms with Gasteiger partial charge in [0.05, 0.1) is 0 Å². The third kappa shape index (κ3) is 6.59. The zero-order chi connectivity index (χ0) is 14.3. The number of carbonyl (C=O) groups is 1. The summed E-state index contributed by atoms with van der Waals surface area (Å²) in [4.78, 5) is 12.8. The third-order valence-corrected chi connectivity index (χ3v) is 3.44. The van der Waals surface area contributed by atoms with Crippen molar-refractivity contribution in [2.24, 2.45) is 0 Å². The van der Waals surface area contributed by atoms with Gasteiger partial charge in [-0.05, 0) is 44.2 Å². The molecule has 19 heavy (non-hydrogen) atoms. The van der Waals surface area contributed by atoms with Gasteiger partial charge in [0, 0.05) is 24.5 Å². The molecule has 1 aromatic heterocycles. The van der Waals surface area contributed by atoms with Crippen LogP contribution in [0.25, 0.3) is 0 Å². The van der Waals surface area contributed by atoms with Crippen LogP contribution in [-0.2, 0) is 17.7 Å². The van der Waals surface area contributed by atoms with Crippen LogP contribution in [0.4, 0.5) is 4.79 Å². The van der Waals surface area contributed by atoms with Gasteiger partial charge in [0.1, 0.15) is 5.60 Å². The Morgan fingerprint density at radius 2 is 2.11 bits per heavy atom. The number of hydrogen-bond acceptors (Lipinski definition) is 4. The van der Waals surface area contributed by atoms with E-state index in [1.165, 1.54) is 10.4 Å². The van der Waals surface area contributed by atoms with Gasteiger partial charge >= 0.3 is 6.09 Å². The van der Waals surface area contributed by atoms with Gasteiger partial charge in [-0.15, -0.1) is 11.3 Å². The van der Waals surface area contributed by atoms with Crippen molar-refractivity contribution in [2.75, 3.05) is 13.1 Å². The molecule has 0 bridgehead atoms. The highest BCUT2D eigenvalue weighted by Crippen LogP contribution is 2.16. The molecular formula is C14H24N2O2S. The molecule has 0 fully saturated rings. The fourth-order valence-corrected chi connectivity index (χ4v) is 2.55. The van der Waals surface area contributed by atoms with Crippen molar-refractivity contribution in [3.05, 3.63) is 21.9 Å². The maximum Gasteiger partial charge on any atom is 0.407 e. The maximum atomic E-state index is 11.4. The first kappa shape index (κ1) is 16.0. The van der Waals surface area contributed by atoms with Crippen LogP contribution in [-0.4, -0.2) is 24.8 Å². The van der Waals surface area contributed by atoms with Crippen LogP contribution in [0.15, 0.2) is 11.4 Å². The molecule has 0 unspecified atom stereocenters. The van der Waals surface area contributed by atoms with Crippen LogP contribution >= 0.6 is 11.3 Å². The first-order chi connectivity index (χ1) is 8.92. The zero-order valence-electron chi connectivity index (χ0n) is 12.2. The maximum absolute atomic E-state index is 11.4. The van der Waals surface area contributed by atoms with E-state index in [0.717, 1.165) is 19.5 Å². The Morgan fingerprint density at radius 3 is 2.74 bits per heavy atom. The number of alkyl carbamates (subject to hydrolysis) is 1. The third-order valence-electron chi connectivity index (χ3n) is 2.47. The molecule has 1 rings (SSSR count). The van der Waals surface area contributed by atoms with Gasteiger partial charge in [0.15, 0.2) is 0 Å². The Labute approximate surface area is 119 Å². The second-order valence-electron chi connectivity index (χ2n) is 5.33. The highest BCUT2D eigenvalue weighted by atomic mass is 32.1. The summed E-state index contributed by atoms with van der Waals surface area (Å²) >= 11 is 1.77. The quantitative estimate of drug-likeness (QED) is 0.790. The fraction of sp³-hybridized carbons (Fsp3) is 0.643. The Morgan fingerprint density at radius 1 is 1.37 bits per heavy atom. The van der Waals surface area contributed by atoms with Gasteiger partial charge in [0.2, 0.25) is 0 Å². The van der Waals surface area contributed by atoms with Crippen molar-refractivity contribution in [3.63, 3.8) is 0 Å². The summed E-state index contributed by atoms with van der Waals surface area (Å²) in [6, 6.07) is 2.17. The fourth-order valence-electron chi connectivity index (χ4n) is 1.61. The normalized spacial score (nSPS) is 11.4. The molecule has 2 N–H and O–H groups in total. The van der Waals surface area contributed by atoms with Crippen molar-refractivity contribution in [1.82, 2.24) is 10.6 Å². The standard InChI is InChI=1S/C14H24N2O2S/c1-5-11-6-9-19-12(11)10-15-7-8-16-13(17)18-14(2,3)4/h6,9,15H,5,7-8,10H2,1-4H3,(H,16,17). The Hall–Kier alpha value is -1.07. The van der Waals surface area contributed by atoms with Crippen LogP contribution in [0.2, 0.25) is 0 Å². The minimum absolute atomic E-state index is 0.361. The lowest BCUT2D eigenvalue weighted by molar-refractivity contribution is 0.0528. The molecule has 0 aliphatic rings. The Kier molecular flexibility index (Phi) is 6.31. The summed E-state index contributed by atoms with van der Waals surface area (Å²) in [6.45, 7) is 9.89. The molecule has 1 heterocycles. The number of nitrogens with one attached hydrogen (secondary N) is 2. The molecule has 1 amide bonds. The summed E-state index contributed by atoms with van der Waals surface area (Å²) in [5.41, 5.74) is 0.961.